The van der Waals surface area contributed by atoms with Crippen LogP contribution in [0.1, 0.15) is 25.2 Å². The van der Waals surface area contributed by atoms with Crippen molar-refractivity contribution in [3.63, 3.8) is 0 Å². The Morgan fingerprint density at radius 1 is 1.27 bits per heavy atom. The summed E-state index contributed by atoms with van der Waals surface area (Å²) >= 11 is 0. The molecular weight excluding hydrogens is 280 g/mol. The van der Waals surface area contributed by atoms with Crippen LogP contribution in [0.4, 0.5) is 0 Å². The quantitative estimate of drug-likeness (QED) is 0.864. The van der Waals surface area contributed by atoms with E-state index in [2.05, 4.69) is 40.2 Å². The van der Waals surface area contributed by atoms with Crippen LogP contribution in [0.5, 0.6) is 0 Å². The van der Waals surface area contributed by atoms with Gasteiger partial charge in [-0.15, -0.1) is 0 Å². The number of aryl methyl sites for hydroxylation is 1. The zero-order valence-corrected chi connectivity index (χ0v) is 13.9. The van der Waals surface area contributed by atoms with Crippen LogP contribution >= 0.6 is 0 Å². The summed E-state index contributed by atoms with van der Waals surface area (Å²) in [6, 6.07) is 0. The van der Waals surface area contributed by atoms with Crippen molar-refractivity contribution >= 4 is 0 Å². The maximum absolute atomic E-state index is 10.4. The molecule has 6 heteroatoms. The van der Waals surface area contributed by atoms with Crippen molar-refractivity contribution in [1.82, 2.24) is 19.4 Å². The Kier molecular flexibility index (Phi) is 4.82. The molecule has 0 aliphatic carbocycles. The predicted molar refractivity (Wildman–Crippen MR) is 84.6 cm³/mol. The largest absolute Gasteiger partial charge is 0.390 e. The highest BCUT2D eigenvalue weighted by molar-refractivity contribution is 5.16. The standard InChI is InChI=1S/C16H28N4O2/c1-12-6-20(7-13(2)22-12)9-14(21)8-19-5-4-16-15(10-19)17-11-18(16)3/h11-14,21H,4-10H2,1-3H3. The van der Waals surface area contributed by atoms with Crippen LogP contribution in [0.25, 0.3) is 0 Å². The van der Waals surface area contributed by atoms with E-state index in [9.17, 15) is 5.11 Å². The Hall–Kier alpha value is -0.950. The summed E-state index contributed by atoms with van der Waals surface area (Å²) in [6.07, 6.45) is 3.09. The molecule has 1 aromatic heterocycles. The van der Waals surface area contributed by atoms with Gasteiger partial charge in [0.15, 0.2) is 0 Å². The zero-order chi connectivity index (χ0) is 15.7. The third-order valence-electron chi connectivity index (χ3n) is 4.62. The van der Waals surface area contributed by atoms with E-state index in [1.165, 1.54) is 5.69 Å². The molecule has 0 saturated carbocycles. The smallest absolute Gasteiger partial charge is 0.0949 e. The van der Waals surface area contributed by atoms with Crippen LogP contribution < -0.4 is 0 Å². The topological polar surface area (TPSA) is 53.8 Å². The van der Waals surface area contributed by atoms with E-state index in [0.29, 0.717) is 0 Å². The number of aromatic nitrogens is 2. The summed E-state index contributed by atoms with van der Waals surface area (Å²) in [7, 11) is 2.05. The molecule has 1 fully saturated rings. The molecule has 3 rings (SSSR count). The Morgan fingerprint density at radius 3 is 2.68 bits per heavy atom. The van der Waals surface area contributed by atoms with Crippen LogP contribution in [-0.2, 0) is 24.8 Å². The van der Waals surface area contributed by atoms with Crippen molar-refractivity contribution in [1.29, 1.82) is 0 Å². The monoisotopic (exact) mass is 308 g/mol. The Labute approximate surface area is 132 Å². The predicted octanol–water partition coefficient (Wildman–Crippen LogP) is 0.248. The molecule has 3 heterocycles. The number of aliphatic hydroxyl groups is 1. The van der Waals surface area contributed by atoms with Gasteiger partial charge in [0, 0.05) is 58.4 Å². The zero-order valence-electron chi connectivity index (χ0n) is 13.9. The molecule has 124 valence electrons. The Morgan fingerprint density at radius 2 is 1.95 bits per heavy atom. The maximum Gasteiger partial charge on any atom is 0.0949 e. The molecule has 0 bridgehead atoms. The molecule has 1 aromatic rings. The van der Waals surface area contributed by atoms with Crippen molar-refractivity contribution < 1.29 is 9.84 Å². The first-order valence-corrected chi connectivity index (χ1v) is 8.28. The first kappa shape index (κ1) is 15.9. The number of morpholine rings is 1. The van der Waals surface area contributed by atoms with Crippen molar-refractivity contribution in [3.05, 3.63) is 17.7 Å². The number of fused-ring (bicyclic) bond motifs is 1. The van der Waals surface area contributed by atoms with Gasteiger partial charge >= 0.3 is 0 Å². The second-order valence-electron chi connectivity index (χ2n) is 6.86. The fourth-order valence-corrected chi connectivity index (χ4v) is 3.75. The van der Waals surface area contributed by atoms with E-state index in [4.69, 9.17) is 4.74 Å². The average molecular weight is 308 g/mol. The molecule has 0 spiro atoms. The fourth-order valence-electron chi connectivity index (χ4n) is 3.75. The van der Waals surface area contributed by atoms with Crippen LogP contribution in [0.3, 0.4) is 0 Å². The number of ether oxygens (including phenoxy) is 1. The molecule has 1 N–H and O–H groups in total. The highest BCUT2D eigenvalue weighted by Crippen LogP contribution is 2.17. The van der Waals surface area contributed by atoms with Gasteiger partial charge in [0.2, 0.25) is 0 Å². The SMILES string of the molecule is CC1CN(CC(O)CN2CCc3c(ncn3C)C2)CC(C)O1. The third-order valence-corrected chi connectivity index (χ3v) is 4.62. The molecule has 6 nitrogen and oxygen atoms in total. The van der Waals surface area contributed by atoms with Crippen LogP contribution in [0, 0.1) is 0 Å². The van der Waals surface area contributed by atoms with Gasteiger partial charge in [-0.25, -0.2) is 4.98 Å². The Balaban J connectivity index is 1.49. The number of β-amino-alcohol motifs (C(OH)–C–C–N with tert-alkyl or cyclic N) is 1. The lowest BCUT2D eigenvalue weighted by Crippen LogP contribution is -2.50. The number of hydrogen-bond acceptors (Lipinski definition) is 5. The second kappa shape index (κ2) is 6.66. The highest BCUT2D eigenvalue weighted by Gasteiger charge is 2.26. The van der Waals surface area contributed by atoms with Gasteiger partial charge in [0.1, 0.15) is 0 Å². The molecule has 3 unspecified atom stereocenters. The van der Waals surface area contributed by atoms with Gasteiger partial charge in [-0.2, -0.15) is 0 Å². The summed E-state index contributed by atoms with van der Waals surface area (Å²) in [5, 5.41) is 10.4. The molecule has 2 aliphatic rings. The molecule has 22 heavy (non-hydrogen) atoms. The van der Waals surface area contributed by atoms with Crippen molar-refractivity contribution in [3.8, 4) is 0 Å². The summed E-state index contributed by atoms with van der Waals surface area (Å²) in [5.41, 5.74) is 2.50. The molecule has 2 aliphatic heterocycles. The van der Waals surface area contributed by atoms with Gasteiger partial charge in [-0.05, 0) is 13.8 Å². The van der Waals surface area contributed by atoms with Crippen molar-refractivity contribution in [2.75, 3.05) is 32.7 Å². The van der Waals surface area contributed by atoms with Gasteiger partial charge in [0.25, 0.3) is 0 Å². The third kappa shape index (κ3) is 3.68. The minimum Gasteiger partial charge on any atom is -0.390 e. The molecule has 0 radical (unpaired) electrons. The summed E-state index contributed by atoms with van der Waals surface area (Å²) in [5.74, 6) is 0. The second-order valence-corrected chi connectivity index (χ2v) is 6.86. The van der Waals surface area contributed by atoms with E-state index in [0.717, 1.165) is 51.4 Å². The lowest BCUT2D eigenvalue weighted by Gasteiger charge is -2.37. The normalized spacial score (nSPS) is 28.5. The van der Waals surface area contributed by atoms with Gasteiger partial charge < -0.3 is 14.4 Å². The van der Waals surface area contributed by atoms with Crippen molar-refractivity contribution in [2.45, 2.75) is 45.1 Å². The molecular formula is C16H28N4O2. The lowest BCUT2D eigenvalue weighted by atomic mass is 10.1. The number of hydrogen-bond donors (Lipinski definition) is 1. The minimum atomic E-state index is -0.317. The average Bonchev–Trinajstić information content (AvgIpc) is 2.78. The van der Waals surface area contributed by atoms with E-state index in [1.807, 2.05) is 6.33 Å². The maximum atomic E-state index is 10.4. The van der Waals surface area contributed by atoms with E-state index in [1.54, 1.807) is 0 Å². The Bertz CT molecular complexity index is 494. The van der Waals surface area contributed by atoms with E-state index < -0.39 is 0 Å². The summed E-state index contributed by atoms with van der Waals surface area (Å²) in [6.45, 7) is 9.31. The molecule has 0 amide bonds. The molecule has 0 aromatic carbocycles. The van der Waals surface area contributed by atoms with Gasteiger partial charge in [-0.1, -0.05) is 0 Å². The number of rotatable bonds is 4. The highest BCUT2D eigenvalue weighted by atomic mass is 16.5. The number of imidazole rings is 1. The van der Waals surface area contributed by atoms with Crippen LogP contribution in [-0.4, -0.2) is 75.5 Å². The van der Waals surface area contributed by atoms with Crippen LogP contribution in [0.2, 0.25) is 0 Å². The van der Waals surface area contributed by atoms with Crippen molar-refractivity contribution in [2.24, 2.45) is 7.05 Å². The summed E-state index contributed by atoms with van der Waals surface area (Å²) in [4.78, 5) is 9.09. The number of nitrogens with zero attached hydrogens (tertiary/aromatic N) is 4. The molecule has 3 atom stereocenters. The lowest BCUT2D eigenvalue weighted by molar-refractivity contribution is -0.0782. The van der Waals surface area contributed by atoms with Crippen LogP contribution in [0.15, 0.2) is 6.33 Å². The number of aliphatic hydroxyl groups excluding tert-OH is 1. The van der Waals surface area contributed by atoms with E-state index in [-0.39, 0.29) is 18.3 Å². The first-order valence-electron chi connectivity index (χ1n) is 8.28. The van der Waals surface area contributed by atoms with Gasteiger partial charge in [-0.3, -0.25) is 9.80 Å². The molecule has 1 saturated heterocycles. The van der Waals surface area contributed by atoms with E-state index >= 15 is 0 Å². The first-order chi connectivity index (χ1) is 10.5. The van der Waals surface area contributed by atoms with Gasteiger partial charge in [0.05, 0.1) is 30.3 Å². The minimum absolute atomic E-state index is 0.252. The summed E-state index contributed by atoms with van der Waals surface area (Å²) < 4.78 is 7.86. The fraction of sp³-hybridized carbons (Fsp3) is 0.812.